The summed E-state index contributed by atoms with van der Waals surface area (Å²) in [5.41, 5.74) is -0.284. The normalized spacial score (nSPS) is 14.4. The van der Waals surface area contributed by atoms with E-state index in [1.54, 1.807) is 17.0 Å². The third kappa shape index (κ3) is 5.53. The van der Waals surface area contributed by atoms with Crippen molar-refractivity contribution in [3.63, 3.8) is 0 Å². The van der Waals surface area contributed by atoms with E-state index in [2.05, 4.69) is 4.98 Å². The number of ether oxygens (including phenoxy) is 3. The summed E-state index contributed by atoms with van der Waals surface area (Å²) in [6, 6.07) is 9.47. The van der Waals surface area contributed by atoms with E-state index in [1.165, 1.54) is 45.6 Å². The summed E-state index contributed by atoms with van der Waals surface area (Å²) < 4.78 is 74.7. The molecular weight excluding hydrogens is 591 g/mol. The highest BCUT2D eigenvalue weighted by atomic mass is 35.5. The molecule has 0 spiro atoms. The summed E-state index contributed by atoms with van der Waals surface area (Å²) in [6.07, 6.45) is 0.837. The fourth-order valence-corrected chi connectivity index (χ4v) is 6.73. The van der Waals surface area contributed by atoms with Crippen LogP contribution in [0.3, 0.4) is 0 Å². The molecule has 2 aromatic carbocycles. The molecule has 1 aliphatic rings. The number of hydrogen-bond acceptors (Lipinski definition) is 8. The Hall–Kier alpha value is -3.19. The van der Waals surface area contributed by atoms with E-state index in [4.69, 9.17) is 37.4 Å². The number of rotatable bonds is 11. The Morgan fingerprint density at radius 2 is 1.82 bits per heavy atom. The van der Waals surface area contributed by atoms with Crippen LogP contribution in [0.1, 0.15) is 12.0 Å². The van der Waals surface area contributed by atoms with Gasteiger partial charge in [-0.3, -0.25) is 0 Å². The van der Waals surface area contributed by atoms with Crippen LogP contribution in [-0.4, -0.2) is 59.7 Å². The number of pyridine rings is 1. The van der Waals surface area contributed by atoms with Gasteiger partial charge in [-0.25, -0.2) is 22.1 Å². The molecule has 0 bridgehead atoms. The zero-order valence-electron chi connectivity index (χ0n) is 21.7. The van der Waals surface area contributed by atoms with Gasteiger partial charge < -0.3 is 23.9 Å². The van der Waals surface area contributed by atoms with Crippen molar-refractivity contribution < 1.29 is 36.2 Å². The first-order valence-electron chi connectivity index (χ1n) is 11.8. The van der Waals surface area contributed by atoms with Crippen molar-refractivity contribution in [2.24, 2.45) is 0 Å². The van der Waals surface area contributed by atoms with Gasteiger partial charge in [0.25, 0.3) is 10.0 Å². The van der Waals surface area contributed by atoms with Crippen LogP contribution < -0.4 is 18.7 Å². The SMILES string of the molecule is COc1ccc(CN(c2cccc(F)n2)S(=O)(=O)c2c(Cl)cc(N3CC(CC=O)(OC)C3)c(Cl)c2F)c(OC)c1. The Morgan fingerprint density at radius 1 is 1.10 bits per heavy atom. The number of sulfonamides is 1. The van der Waals surface area contributed by atoms with E-state index < -0.39 is 48.9 Å². The van der Waals surface area contributed by atoms with Crippen molar-refractivity contribution in [1.29, 1.82) is 0 Å². The molecule has 1 fully saturated rings. The largest absolute Gasteiger partial charge is 0.497 e. The van der Waals surface area contributed by atoms with E-state index in [9.17, 15) is 17.6 Å². The number of methoxy groups -OCH3 is 3. The smallest absolute Gasteiger partial charge is 0.270 e. The first-order valence-corrected chi connectivity index (χ1v) is 14.0. The Kier molecular flexibility index (Phi) is 8.74. The lowest BCUT2D eigenvalue weighted by molar-refractivity contribution is -0.115. The molecule has 1 aliphatic heterocycles. The molecule has 3 aromatic rings. The molecular formula is C26H25Cl2F2N3O6S. The van der Waals surface area contributed by atoms with Crippen molar-refractivity contribution in [3.8, 4) is 11.5 Å². The van der Waals surface area contributed by atoms with E-state index >= 15 is 4.39 Å². The Morgan fingerprint density at radius 3 is 2.42 bits per heavy atom. The zero-order chi connectivity index (χ0) is 29.2. The number of benzene rings is 2. The molecule has 0 saturated carbocycles. The average molecular weight is 616 g/mol. The maximum Gasteiger partial charge on any atom is 0.270 e. The van der Waals surface area contributed by atoms with Gasteiger partial charge in [0.2, 0.25) is 5.95 Å². The van der Waals surface area contributed by atoms with Crippen molar-refractivity contribution in [3.05, 3.63) is 69.8 Å². The van der Waals surface area contributed by atoms with Crippen molar-refractivity contribution in [2.75, 3.05) is 43.6 Å². The Labute approximate surface area is 240 Å². The van der Waals surface area contributed by atoms with Gasteiger partial charge in [0.05, 0.1) is 31.5 Å². The van der Waals surface area contributed by atoms with Crippen molar-refractivity contribution in [2.45, 2.75) is 23.5 Å². The minimum absolute atomic E-state index is 0.116. The number of carbonyl (C=O) groups excluding carboxylic acids is 1. The van der Waals surface area contributed by atoms with Crippen LogP contribution in [0.25, 0.3) is 0 Å². The molecule has 0 unspecified atom stereocenters. The second kappa shape index (κ2) is 11.7. The van der Waals surface area contributed by atoms with Crippen LogP contribution in [0.2, 0.25) is 10.0 Å². The van der Waals surface area contributed by atoms with Crippen LogP contribution in [0.5, 0.6) is 11.5 Å². The van der Waals surface area contributed by atoms with E-state index in [0.717, 1.165) is 12.4 Å². The van der Waals surface area contributed by atoms with E-state index in [0.29, 0.717) is 15.6 Å². The fourth-order valence-electron chi connectivity index (χ4n) is 4.42. The molecule has 0 N–H and O–H groups in total. The molecule has 4 rings (SSSR count). The summed E-state index contributed by atoms with van der Waals surface area (Å²) in [7, 11) is -0.527. The van der Waals surface area contributed by atoms with Gasteiger partial charge in [0.1, 0.15) is 39.1 Å². The number of carbonyl (C=O) groups is 1. The molecule has 0 amide bonds. The number of aromatic nitrogens is 1. The van der Waals surface area contributed by atoms with Gasteiger partial charge >= 0.3 is 0 Å². The molecule has 0 aliphatic carbocycles. The minimum Gasteiger partial charge on any atom is -0.497 e. The second-order valence-corrected chi connectivity index (χ2v) is 11.5. The fraction of sp³-hybridized carbons (Fsp3) is 0.308. The highest BCUT2D eigenvalue weighted by Crippen LogP contribution is 2.43. The van der Waals surface area contributed by atoms with Crippen LogP contribution in [-0.2, 0) is 26.1 Å². The van der Waals surface area contributed by atoms with Crippen LogP contribution >= 0.6 is 23.2 Å². The van der Waals surface area contributed by atoms with Crippen LogP contribution in [0.4, 0.5) is 20.3 Å². The average Bonchev–Trinajstić information content (AvgIpc) is 2.91. The first kappa shape index (κ1) is 29.8. The summed E-state index contributed by atoms with van der Waals surface area (Å²) in [6.45, 7) is -0.00384. The second-order valence-electron chi connectivity index (χ2n) is 8.96. The maximum atomic E-state index is 15.8. The first-order chi connectivity index (χ1) is 19.0. The standard InChI is InChI=1S/C26H25Cl2F2N3O6S/c1-37-17-8-7-16(20(11-17)38-2)13-33(22-6-4-5-21(29)31-22)40(35,36)25-18(27)12-19(23(28)24(25)30)32-14-26(15-32,39-3)9-10-34/h4-8,10-12H,9,13-15H2,1-3H3. The molecule has 2 heterocycles. The van der Waals surface area contributed by atoms with Gasteiger partial charge in [-0.15, -0.1) is 0 Å². The maximum absolute atomic E-state index is 15.8. The summed E-state index contributed by atoms with van der Waals surface area (Å²) in [4.78, 5) is 15.5. The number of hydrogen-bond donors (Lipinski definition) is 0. The van der Waals surface area contributed by atoms with E-state index in [1.807, 2.05) is 0 Å². The summed E-state index contributed by atoms with van der Waals surface area (Å²) >= 11 is 12.7. The summed E-state index contributed by atoms with van der Waals surface area (Å²) in [5, 5.41) is -0.946. The Bertz CT molecular complexity index is 1540. The minimum atomic E-state index is -4.82. The predicted octanol–water partition coefficient (Wildman–Crippen LogP) is 4.87. The van der Waals surface area contributed by atoms with E-state index in [-0.39, 0.29) is 36.8 Å². The molecule has 214 valence electrons. The molecule has 9 nitrogen and oxygen atoms in total. The number of nitrogens with zero attached hydrogens (tertiary/aromatic N) is 3. The molecule has 0 radical (unpaired) electrons. The molecule has 1 aromatic heterocycles. The number of aldehydes is 1. The van der Waals surface area contributed by atoms with Crippen LogP contribution in [0, 0.1) is 11.8 Å². The third-order valence-electron chi connectivity index (χ3n) is 6.60. The van der Waals surface area contributed by atoms with Gasteiger partial charge in [0.15, 0.2) is 5.82 Å². The molecule has 40 heavy (non-hydrogen) atoms. The topological polar surface area (TPSA) is 98.3 Å². The molecule has 1 saturated heterocycles. The van der Waals surface area contributed by atoms with Crippen LogP contribution in [0.15, 0.2) is 47.4 Å². The van der Waals surface area contributed by atoms with Gasteiger partial charge in [-0.2, -0.15) is 4.39 Å². The highest BCUT2D eigenvalue weighted by molar-refractivity contribution is 7.93. The summed E-state index contributed by atoms with van der Waals surface area (Å²) in [5.74, 6) is -1.85. The lowest BCUT2D eigenvalue weighted by Gasteiger charge is -2.49. The zero-order valence-corrected chi connectivity index (χ0v) is 24.0. The lowest BCUT2D eigenvalue weighted by atomic mass is 9.90. The predicted molar refractivity (Wildman–Crippen MR) is 146 cm³/mol. The van der Waals surface area contributed by atoms with Gasteiger partial charge in [-0.1, -0.05) is 29.3 Å². The number of anilines is 2. The molecule has 0 atom stereocenters. The highest BCUT2D eigenvalue weighted by Gasteiger charge is 2.45. The van der Waals surface area contributed by atoms with Crippen molar-refractivity contribution >= 4 is 51.0 Å². The number of halogens is 4. The monoisotopic (exact) mass is 615 g/mol. The lowest BCUT2D eigenvalue weighted by Crippen LogP contribution is -2.63. The van der Waals surface area contributed by atoms with Crippen molar-refractivity contribution in [1.82, 2.24) is 4.98 Å². The van der Waals surface area contributed by atoms with Gasteiger partial charge in [-0.05, 0) is 30.3 Å². The quantitative estimate of drug-likeness (QED) is 0.171. The third-order valence-corrected chi connectivity index (χ3v) is 9.18. The molecule has 14 heteroatoms. The Balaban J connectivity index is 1.79. The van der Waals surface area contributed by atoms with Gasteiger partial charge in [0, 0.05) is 38.2 Å².